The van der Waals surface area contributed by atoms with Gasteiger partial charge in [-0.2, -0.15) is 0 Å². The van der Waals surface area contributed by atoms with Gasteiger partial charge in [0, 0.05) is 12.0 Å². The Hall–Kier alpha value is -0.420. The van der Waals surface area contributed by atoms with E-state index in [1.165, 1.54) is 6.33 Å². The monoisotopic (exact) mass is 234 g/mol. The molecule has 0 bridgehead atoms. The normalized spacial score (nSPS) is 17.6. The Kier molecular flexibility index (Phi) is 3.18. The first-order valence-corrected chi connectivity index (χ1v) is 4.91. The van der Waals surface area contributed by atoms with Crippen molar-refractivity contribution in [1.29, 1.82) is 0 Å². The first-order chi connectivity index (χ1) is 6.77. The Morgan fingerprint density at radius 3 is 2.36 bits per heavy atom. The lowest BCUT2D eigenvalue weighted by molar-refractivity contribution is -0.0400. The molecule has 1 aromatic rings. The number of rotatable bonds is 2. The van der Waals surface area contributed by atoms with Crippen LogP contribution < -0.4 is 0 Å². The molecular formula is C8H8Cl2N2O2. The Labute approximate surface area is 91.2 Å². The molecule has 0 amide bonds. The van der Waals surface area contributed by atoms with E-state index in [9.17, 15) is 0 Å². The van der Waals surface area contributed by atoms with Crippen molar-refractivity contribution in [3.05, 3.63) is 22.2 Å². The lowest BCUT2D eigenvalue weighted by Gasteiger charge is -2.10. The highest BCUT2D eigenvalue weighted by Crippen LogP contribution is 2.23. The first kappa shape index (κ1) is 10.1. The molecule has 2 rings (SSSR count). The largest absolute Gasteiger partial charge is 0.350 e. The molecule has 0 N–H and O–H groups in total. The predicted octanol–water partition coefficient (Wildman–Crippen LogP) is 1.70. The second-order valence-electron chi connectivity index (χ2n) is 2.81. The maximum absolute atomic E-state index is 5.86. The highest BCUT2D eigenvalue weighted by Gasteiger charge is 2.20. The zero-order valence-corrected chi connectivity index (χ0v) is 8.75. The summed E-state index contributed by atoms with van der Waals surface area (Å²) in [6, 6.07) is 0. The summed E-state index contributed by atoms with van der Waals surface area (Å²) in [6.45, 7) is 1.21. The molecule has 0 aromatic carbocycles. The van der Waals surface area contributed by atoms with Gasteiger partial charge in [0.05, 0.1) is 13.2 Å². The van der Waals surface area contributed by atoms with Gasteiger partial charge in [0.15, 0.2) is 6.29 Å². The van der Waals surface area contributed by atoms with Gasteiger partial charge in [-0.25, -0.2) is 9.97 Å². The van der Waals surface area contributed by atoms with Gasteiger partial charge in [0.25, 0.3) is 0 Å². The van der Waals surface area contributed by atoms with Crippen LogP contribution in [0.1, 0.15) is 5.56 Å². The van der Waals surface area contributed by atoms with E-state index in [4.69, 9.17) is 32.7 Å². The number of hydrogen-bond acceptors (Lipinski definition) is 4. The summed E-state index contributed by atoms with van der Waals surface area (Å²) in [7, 11) is 0. The van der Waals surface area contributed by atoms with Crippen molar-refractivity contribution in [2.24, 2.45) is 0 Å². The molecule has 1 aliphatic heterocycles. The molecule has 1 aliphatic rings. The fourth-order valence-corrected chi connectivity index (χ4v) is 1.70. The Morgan fingerprint density at radius 2 is 1.79 bits per heavy atom. The van der Waals surface area contributed by atoms with Crippen molar-refractivity contribution >= 4 is 23.2 Å². The maximum Gasteiger partial charge on any atom is 0.162 e. The Balaban J connectivity index is 2.14. The van der Waals surface area contributed by atoms with E-state index in [-0.39, 0.29) is 6.29 Å². The van der Waals surface area contributed by atoms with Crippen LogP contribution in [0.2, 0.25) is 10.3 Å². The summed E-state index contributed by atoms with van der Waals surface area (Å²) in [4.78, 5) is 7.68. The van der Waals surface area contributed by atoms with Crippen molar-refractivity contribution < 1.29 is 9.47 Å². The molecule has 14 heavy (non-hydrogen) atoms. The fraction of sp³-hybridized carbons (Fsp3) is 0.500. The number of halogens is 2. The lowest BCUT2D eigenvalue weighted by Crippen LogP contribution is -2.12. The second-order valence-corrected chi connectivity index (χ2v) is 3.53. The highest BCUT2D eigenvalue weighted by atomic mass is 35.5. The number of nitrogens with zero attached hydrogens (tertiary/aromatic N) is 2. The van der Waals surface area contributed by atoms with Gasteiger partial charge in [-0.15, -0.1) is 0 Å². The van der Waals surface area contributed by atoms with Crippen LogP contribution in [0.5, 0.6) is 0 Å². The van der Waals surface area contributed by atoms with Crippen molar-refractivity contribution in [3.63, 3.8) is 0 Å². The van der Waals surface area contributed by atoms with E-state index in [1.54, 1.807) is 0 Å². The molecule has 4 nitrogen and oxygen atoms in total. The minimum atomic E-state index is -0.281. The van der Waals surface area contributed by atoms with Gasteiger partial charge < -0.3 is 9.47 Å². The first-order valence-electron chi connectivity index (χ1n) is 4.15. The molecule has 1 fully saturated rings. The van der Waals surface area contributed by atoms with E-state index >= 15 is 0 Å². The number of ether oxygens (including phenoxy) is 2. The van der Waals surface area contributed by atoms with Gasteiger partial charge >= 0.3 is 0 Å². The maximum atomic E-state index is 5.86. The molecule has 0 spiro atoms. The molecule has 6 heteroatoms. The third-order valence-corrected chi connectivity index (χ3v) is 2.55. The van der Waals surface area contributed by atoms with Crippen LogP contribution in [-0.4, -0.2) is 29.5 Å². The van der Waals surface area contributed by atoms with Gasteiger partial charge in [0.1, 0.15) is 16.6 Å². The summed E-state index contributed by atoms with van der Waals surface area (Å²) in [5.74, 6) is 0. The van der Waals surface area contributed by atoms with Gasteiger partial charge in [0.2, 0.25) is 0 Å². The molecule has 0 saturated carbocycles. The summed E-state index contributed by atoms with van der Waals surface area (Å²) in [5, 5.41) is 0.702. The highest BCUT2D eigenvalue weighted by molar-refractivity contribution is 6.34. The molecule has 2 heterocycles. The van der Waals surface area contributed by atoms with Crippen LogP contribution >= 0.6 is 23.2 Å². The summed E-state index contributed by atoms with van der Waals surface area (Å²) in [6.07, 6.45) is 1.53. The number of aromatic nitrogens is 2. The third kappa shape index (κ3) is 2.15. The average molecular weight is 235 g/mol. The smallest absolute Gasteiger partial charge is 0.162 e. The SMILES string of the molecule is Clc1ncnc(Cl)c1CC1OCCO1. The second kappa shape index (κ2) is 4.40. The van der Waals surface area contributed by atoms with Gasteiger partial charge in [-0.05, 0) is 0 Å². The standard InChI is InChI=1S/C8H8Cl2N2O2/c9-7-5(8(10)12-4-11-7)3-6-13-1-2-14-6/h4,6H,1-3H2. The van der Waals surface area contributed by atoms with Crippen LogP contribution in [0.25, 0.3) is 0 Å². The van der Waals surface area contributed by atoms with Gasteiger partial charge in [-0.3, -0.25) is 0 Å². The van der Waals surface area contributed by atoms with Crippen molar-refractivity contribution in [3.8, 4) is 0 Å². The van der Waals surface area contributed by atoms with Crippen molar-refractivity contribution in [2.75, 3.05) is 13.2 Å². The lowest BCUT2D eigenvalue weighted by atomic mass is 10.2. The quantitative estimate of drug-likeness (QED) is 0.732. The molecule has 0 unspecified atom stereocenters. The summed E-state index contributed by atoms with van der Waals surface area (Å²) >= 11 is 11.7. The van der Waals surface area contributed by atoms with Crippen molar-refractivity contribution in [2.45, 2.75) is 12.7 Å². The van der Waals surface area contributed by atoms with Crippen molar-refractivity contribution in [1.82, 2.24) is 9.97 Å². The van der Waals surface area contributed by atoms with E-state index in [2.05, 4.69) is 9.97 Å². The predicted molar refractivity (Wildman–Crippen MR) is 51.4 cm³/mol. The zero-order chi connectivity index (χ0) is 9.97. The molecule has 76 valence electrons. The van der Waals surface area contributed by atoms with Crippen LogP contribution in [-0.2, 0) is 15.9 Å². The molecule has 0 aliphatic carbocycles. The van der Waals surface area contributed by atoms with E-state index < -0.39 is 0 Å². The fourth-order valence-electron chi connectivity index (χ4n) is 1.23. The average Bonchev–Trinajstić information content (AvgIpc) is 2.64. The Morgan fingerprint density at radius 1 is 1.21 bits per heavy atom. The third-order valence-electron chi connectivity index (χ3n) is 1.90. The topological polar surface area (TPSA) is 44.2 Å². The minimum absolute atomic E-state index is 0.281. The van der Waals surface area contributed by atoms with Gasteiger partial charge in [-0.1, -0.05) is 23.2 Å². The Bertz CT molecular complexity index is 309. The number of hydrogen-bond donors (Lipinski definition) is 0. The molecular weight excluding hydrogens is 227 g/mol. The molecule has 1 saturated heterocycles. The van der Waals surface area contributed by atoms with Crippen LogP contribution in [0.15, 0.2) is 6.33 Å². The zero-order valence-electron chi connectivity index (χ0n) is 7.24. The molecule has 0 radical (unpaired) electrons. The van der Waals surface area contributed by atoms with Crippen LogP contribution in [0.4, 0.5) is 0 Å². The molecule has 0 atom stereocenters. The minimum Gasteiger partial charge on any atom is -0.350 e. The summed E-state index contributed by atoms with van der Waals surface area (Å²) in [5.41, 5.74) is 0.669. The van der Waals surface area contributed by atoms with Crippen LogP contribution in [0.3, 0.4) is 0 Å². The van der Waals surface area contributed by atoms with E-state index in [0.717, 1.165) is 0 Å². The summed E-state index contributed by atoms with van der Waals surface area (Å²) < 4.78 is 10.5. The van der Waals surface area contributed by atoms with E-state index in [1.807, 2.05) is 0 Å². The molecule has 1 aromatic heterocycles. The van der Waals surface area contributed by atoms with Crippen LogP contribution in [0, 0.1) is 0 Å². The van der Waals surface area contributed by atoms with E-state index in [0.29, 0.717) is 35.5 Å².